The highest BCUT2D eigenvalue weighted by atomic mass is 16.5. The summed E-state index contributed by atoms with van der Waals surface area (Å²) in [5, 5.41) is 11.2. The highest BCUT2D eigenvalue weighted by Gasteiger charge is 2.47. The number of pyridine rings is 1. The summed E-state index contributed by atoms with van der Waals surface area (Å²) in [7, 11) is 0. The van der Waals surface area contributed by atoms with E-state index in [1.807, 2.05) is 39.0 Å². The van der Waals surface area contributed by atoms with E-state index < -0.39 is 17.7 Å². The molecule has 0 aliphatic carbocycles. The van der Waals surface area contributed by atoms with Crippen LogP contribution in [0.5, 0.6) is 5.75 Å². The van der Waals surface area contributed by atoms with Crippen LogP contribution >= 0.6 is 0 Å². The second kappa shape index (κ2) is 8.67. The van der Waals surface area contributed by atoms with Gasteiger partial charge in [-0.3, -0.25) is 19.5 Å². The lowest BCUT2D eigenvalue weighted by Gasteiger charge is -2.26. The van der Waals surface area contributed by atoms with Crippen LogP contribution in [-0.2, 0) is 9.59 Å². The Labute approximate surface area is 186 Å². The van der Waals surface area contributed by atoms with Crippen molar-refractivity contribution in [3.8, 4) is 5.75 Å². The molecule has 32 heavy (non-hydrogen) atoms. The van der Waals surface area contributed by atoms with E-state index in [2.05, 4.69) is 4.98 Å². The fourth-order valence-electron chi connectivity index (χ4n) is 4.10. The zero-order valence-corrected chi connectivity index (χ0v) is 18.2. The molecular weight excluding hydrogens is 404 g/mol. The van der Waals surface area contributed by atoms with Crippen molar-refractivity contribution in [2.75, 3.05) is 11.5 Å². The molecule has 2 heterocycles. The number of aliphatic hydroxyl groups excluding tert-OH is 1. The van der Waals surface area contributed by atoms with Crippen LogP contribution in [0, 0.1) is 13.8 Å². The van der Waals surface area contributed by atoms with Crippen molar-refractivity contribution in [1.29, 1.82) is 0 Å². The average Bonchev–Trinajstić information content (AvgIpc) is 3.04. The number of carbonyl (C=O) groups excluding carboxylic acids is 2. The maximum Gasteiger partial charge on any atom is 0.300 e. The number of aromatic nitrogens is 1. The summed E-state index contributed by atoms with van der Waals surface area (Å²) in [5.41, 5.74) is 3.60. The zero-order chi connectivity index (χ0) is 22.8. The monoisotopic (exact) mass is 428 g/mol. The minimum Gasteiger partial charge on any atom is -0.507 e. The Hall–Kier alpha value is -3.93. The van der Waals surface area contributed by atoms with Gasteiger partial charge in [0.2, 0.25) is 0 Å². The number of nitrogens with zero attached hydrogens (tertiary/aromatic N) is 2. The van der Waals surface area contributed by atoms with Crippen LogP contribution in [0.15, 0.2) is 72.6 Å². The summed E-state index contributed by atoms with van der Waals surface area (Å²) in [5.74, 6) is -1.10. The molecule has 1 saturated heterocycles. The first-order valence-electron chi connectivity index (χ1n) is 10.4. The Morgan fingerprint density at radius 2 is 1.81 bits per heavy atom. The van der Waals surface area contributed by atoms with Gasteiger partial charge in [0.1, 0.15) is 11.5 Å². The van der Waals surface area contributed by atoms with Crippen molar-refractivity contribution in [3.05, 3.63) is 94.8 Å². The summed E-state index contributed by atoms with van der Waals surface area (Å²) in [6, 6.07) is 15.3. The van der Waals surface area contributed by atoms with Gasteiger partial charge in [0.25, 0.3) is 11.7 Å². The fourth-order valence-corrected chi connectivity index (χ4v) is 4.10. The highest BCUT2D eigenvalue weighted by Crippen LogP contribution is 2.42. The molecule has 6 nitrogen and oxygen atoms in total. The quantitative estimate of drug-likeness (QED) is 0.361. The largest absolute Gasteiger partial charge is 0.507 e. The van der Waals surface area contributed by atoms with E-state index in [4.69, 9.17) is 4.74 Å². The van der Waals surface area contributed by atoms with Crippen molar-refractivity contribution < 1.29 is 19.4 Å². The number of aliphatic hydroxyl groups is 1. The van der Waals surface area contributed by atoms with E-state index in [0.29, 0.717) is 29.2 Å². The Kier molecular flexibility index (Phi) is 5.77. The second-order valence-corrected chi connectivity index (χ2v) is 7.76. The second-order valence-electron chi connectivity index (χ2n) is 7.76. The van der Waals surface area contributed by atoms with Crippen LogP contribution < -0.4 is 9.64 Å². The number of rotatable bonds is 5. The molecule has 6 heteroatoms. The molecule has 162 valence electrons. The predicted molar refractivity (Wildman–Crippen MR) is 123 cm³/mol. The lowest BCUT2D eigenvalue weighted by atomic mass is 9.96. The maximum absolute atomic E-state index is 13.2. The van der Waals surface area contributed by atoms with Gasteiger partial charge in [-0.25, -0.2) is 0 Å². The lowest BCUT2D eigenvalue weighted by molar-refractivity contribution is -0.132. The first kappa shape index (κ1) is 21.3. The van der Waals surface area contributed by atoms with E-state index in [1.165, 1.54) is 4.90 Å². The van der Waals surface area contributed by atoms with Crippen molar-refractivity contribution in [2.45, 2.75) is 26.8 Å². The topological polar surface area (TPSA) is 79.7 Å². The fraction of sp³-hybridized carbons (Fsp3) is 0.192. The van der Waals surface area contributed by atoms with E-state index >= 15 is 0 Å². The van der Waals surface area contributed by atoms with Gasteiger partial charge in [0, 0.05) is 23.6 Å². The predicted octanol–water partition coefficient (Wildman–Crippen LogP) is 4.72. The number of benzene rings is 2. The molecule has 1 amide bonds. The van der Waals surface area contributed by atoms with Crippen LogP contribution in [0.1, 0.15) is 35.2 Å². The molecule has 1 unspecified atom stereocenters. The number of carbonyl (C=O) groups is 2. The number of Topliss-reactive ketones (excluding diaryl/α,β-unsaturated/α-hetero) is 1. The summed E-state index contributed by atoms with van der Waals surface area (Å²) < 4.78 is 5.53. The molecule has 0 radical (unpaired) electrons. The molecule has 1 atom stereocenters. The Balaban J connectivity index is 1.93. The van der Waals surface area contributed by atoms with Gasteiger partial charge in [-0.05, 0) is 67.8 Å². The van der Waals surface area contributed by atoms with Gasteiger partial charge in [-0.1, -0.05) is 24.3 Å². The van der Waals surface area contributed by atoms with Crippen LogP contribution in [-0.4, -0.2) is 28.4 Å². The van der Waals surface area contributed by atoms with E-state index in [9.17, 15) is 14.7 Å². The number of hydrogen-bond donors (Lipinski definition) is 1. The summed E-state index contributed by atoms with van der Waals surface area (Å²) in [6.07, 6.45) is 3.23. The molecule has 1 N–H and O–H groups in total. The van der Waals surface area contributed by atoms with Gasteiger partial charge in [0.05, 0.1) is 18.2 Å². The normalized spacial score (nSPS) is 17.6. The van der Waals surface area contributed by atoms with Gasteiger partial charge >= 0.3 is 0 Å². The van der Waals surface area contributed by atoms with Crippen LogP contribution in [0.4, 0.5) is 5.69 Å². The van der Waals surface area contributed by atoms with Gasteiger partial charge < -0.3 is 9.84 Å². The van der Waals surface area contributed by atoms with Gasteiger partial charge in [0.15, 0.2) is 0 Å². The molecular formula is C26H24N2O4. The van der Waals surface area contributed by atoms with Gasteiger partial charge in [-0.2, -0.15) is 0 Å². The Morgan fingerprint density at radius 1 is 1.06 bits per heavy atom. The summed E-state index contributed by atoms with van der Waals surface area (Å²) in [6.45, 7) is 6.21. The number of amides is 1. The van der Waals surface area contributed by atoms with Gasteiger partial charge in [-0.15, -0.1) is 0 Å². The standard InChI is InChI=1S/C26H24N2O4/c1-4-32-21-9-5-7-18(14-21)24(29)22-23(19-8-6-10-27-15-19)28(26(31)25(22)30)20-12-16(2)11-17(3)13-20/h5-15,23,29H,4H2,1-3H3/b24-22+. The molecule has 3 aromatic rings. The molecule has 0 saturated carbocycles. The van der Waals surface area contributed by atoms with E-state index in [1.54, 1.807) is 48.8 Å². The van der Waals surface area contributed by atoms with Crippen LogP contribution in [0.3, 0.4) is 0 Å². The molecule has 2 aromatic carbocycles. The number of hydrogen-bond acceptors (Lipinski definition) is 5. The van der Waals surface area contributed by atoms with E-state index in [0.717, 1.165) is 11.1 Å². The Bertz CT molecular complexity index is 1200. The minimum atomic E-state index is -0.805. The maximum atomic E-state index is 13.2. The molecule has 1 aliphatic heterocycles. The average molecular weight is 428 g/mol. The number of aryl methyl sites for hydroxylation is 2. The molecule has 4 rings (SSSR count). The first-order valence-corrected chi connectivity index (χ1v) is 10.4. The molecule has 1 aliphatic rings. The third-order valence-corrected chi connectivity index (χ3v) is 5.35. The molecule has 0 bridgehead atoms. The third-order valence-electron chi connectivity index (χ3n) is 5.35. The minimum absolute atomic E-state index is 0.0239. The summed E-state index contributed by atoms with van der Waals surface area (Å²) in [4.78, 5) is 32.0. The SMILES string of the molecule is CCOc1cccc(/C(O)=C2\C(=O)C(=O)N(c3cc(C)cc(C)c3)C2c2cccnc2)c1. The first-order chi connectivity index (χ1) is 15.4. The molecule has 1 aromatic heterocycles. The number of ether oxygens (including phenoxy) is 1. The Morgan fingerprint density at radius 3 is 2.47 bits per heavy atom. The summed E-state index contributed by atoms with van der Waals surface area (Å²) >= 11 is 0. The van der Waals surface area contributed by atoms with Crippen molar-refractivity contribution in [2.24, 2.45) is 0 Å². The number of anilines is 1. The third kappa shape index (κ3) is 3.87. The smallest absolute Gasteiger partial charge is 0.300 e. The molecule has 0 spiro atoms. The van der Waals surface area contributed by atoms with Crippen molar-refractivity contribution >= 4 is 23.1 Å². The van der Waals surface area contributed by atoms with E-state index in [-0.39, 0.29) is 11.3 Å². The van der Waals surface area contributed by atoms with Crippen LogP contribution in [0.25, 0.3) is 5.76 Å². The van der Waals surface area contributed by atoms with Crippen molar-refractivity contribution in [1.82, 2.24) is 4.98 Å². The van der Waals surface area contributed by atoms with Crippen molar-refractivity contribution in [3.63, 3.8) is 0 Å². The molecule has 1 fully saturated rings. The lowest BCUT2D eigenvalue weighted by Crippen LogP contribution is -2.29. The van der Waals surface area contributed by atoms with Crippen LogP contribution in [0.2, 0.25) is 0 Å². The zero-order valence-electron chi connectivity index (χ0n) is 18.2. The number of ketones is 1. The highest BCUT2D eigenvalue weighted by molar-refractivity contribution is 6.51.